The second kappa shape index (κ2) is 10.1. The van der Waals surface area contributed by atoms with Gasteiger partial charge in [-0.1, -0.05) is 42.5 Å². The fourth-order valence-corrected chi connectivity index (χ4v) is 3.47. The predicted octanol–water partition coefficient (Wildman–Crippen LogP) is 4.08. The molecule has 3 atom stereocenters. The standard InChI is InChI=1S/C24H30O6/c1-5-27-23(25)20(15-17-9-7-6-8-10-17)29-22(21-16-28-24(2,3)30-21)18-11-13-19(26-4)14-12-18/h6-14,20-22H,5,15-16H2,1-4H3/t20-,21-,22-/m1/s1. The maximum absolute atomic E-state index is 12.7. The summed E-state index contributed by atoms with van der Waals surface area (Å²) in [5.74, 6) is -0.358. The maximum Gasteiger partial charge on any atom is 0.335 e. The Morgan fingerprint density at radius 1 is 1.13 bits per heavy atom. The molecule has 3 rings (SSSR count). The lowest BCUT2D eigenvalue weighted by molar-refractivity contribution is -0.178. The first-order valence-electron chi connectivity index (χ1n) is 10.2. The first kappa shape index (κ1) is 22.3. The summed E-state index contributed by atoms with van der Waals surface area (Å²) < 4.78 is 28.8. The molecule has 1 heterocycles. The number of methoxy groups -OCH3 is 1. The van der Waals surface area contributed by atoms with Crippen LogP contribution in [0.5, 0.6) is 5.75 Å². The van der Waals surface area contributed by atoms with E-state index in [9.17, 15) is 4.79 Å². The first-order chi connectivity index (χ1) is 14.4. The van der Waals surface area contributed by atoms with E-state index in [1.165, 1.54) is 0 Å². The zero-order chi connectivity index (χ0) is 21.6. The predicted molar refractivity (Wildman–Crippen MR) is 112 cm³/mol. The van der Waals surface area contributed by atoms with Crippen molar-refractivity contribution >= 4 is 5.97 Å². The van der Waals surface area contributed by atoms with Crippen molar-refractivity contribution in [2.45, 2.75) is 51.3 Å². The maximum atomic E-state index is 12.7. The van der Waals surface area contributed by atoms with Crippen LogP contribution in [0.2, 0.25) is 0 Å². The van der Waals surface area contributed by atoms with Crippen LogP contribution in [0.15, 0.2) is 54.6 Å². The van der Waals surface area contributed by atoms with Crippen molar-refractivity contribution in [1.82, 2.24) is 0 Å². The lowest BCUT2D eigenvalue weighted by Crippen LogP contribution is -2.35. The molecule has 162 valence electrons. The van der Waals surface area contributed by atoms with Crippen molar-refractivity contribution < 1.29 is 28.5 Å². The lowest BCUT2D eigenvalue weighted by atomic mass is 10.0. The lowest BCUT2D eigenvalue weighted by Gasteiger charge is -2.28. The molecule has 0 saturated carbocycles. The number of benzene rings is 2. The second-order valence-corrected chi connectivity index (χ2v) is 7.63. The van der Waals surface area contributed by atoms with Gasteiger partial charge in [-0.25, -0.2) is 4.79 Å². The highest BCUT2D eigenvalue weighted by atomic mass is 16.7. The van der Waals surface area contributed by atoms with E-state index in [1.54, 1.807) is 14.0 Å². The minimum atomic E-state index is -0.772. The van der Waals surface area contributed by atoms with Gasteiger partial charge in [0.2, 0.25) is 0 Å². The summed E-state index contributed by atoms with van der Waals surface area (Å²) in [6, 6.07) is 17.3. The SMILES string of the molecule is CCOC(=O)[C@@H](Cc1ccccc1)O[C@H](c1ccc(OC)cc1)[C@H]1COC(C)(C)O1. The highest BCUT2D eigenvalue weighted by Crippen LogP contribution is 2.35. The molecule has 0 bridgehead atoms. The molecule has 1 aliphatic rings. The quantitative estimate of drug-likeness (QED) is 0.576. The topological polar surface area (TPSA) is 63.2 Å². The molecule has 0 spiro atoms. The Balaban J connectivity index is 1.87. The number of rotatable bonds is 9. The molecule has 0 aliphatic carbocycles. The van der Waals surface area contributed by atoms with Gasteiger partial charge >= 0.3 is 5.97 Å². The van der Waals surface area contributed by atoms with Gasteiger partial charge in [0.05, 0.1) is 20.3 Å². The van der Waals surface area contributed by atoms with Gasteiger partial charge in [0.1, 0.15) is 18.0 Å². The van der Waals surface area contributed by atoms with Crippen molar-refractivity contribution in [3.63, 3.8) is 0 Å². The van der Waals surface area contributed by atoms with Gasteiger partial charge in [-0.3, -0.25) is 0 Å². The number of esters is 1. The van der Waals surface area contributed by atoms with Crippen molar-refractivity contribution in [3.8, 4) is 5.75 Å². The Labute approximate surface area is 178 Å². The monoisotopic (exact) mass is 414 g/mol. The molecular weight excluding hydrogens is 384 g/mol. The molecule has 2 aromatic carbocycles. The van der Waals surface area contributed by atoms with Crippen LogP contribution in [0.3, 0.4) is 0 Å². The third-order valence-electron chi connectivity index (χ3n) is 4.94. The molecule has 6 nitrogen and oxygen atoms in total. The molecule has 6 heteroatoms. The average molecular weight is 414 g/mol. The third-order valence-corrected chi connectivity index (χ3v) is 4.94. The summed E-state index contributed by atoms with van der Waals surface area (Å²) in [7, 11) is 1.62. The minimum absolute atomic E-state index is 0.288. The second-order valence-electron chi connectivity index (χ2n) is 7.63. The van der Waals surface area contributed by atoms with Crippen LogP contribution in [0.25, 0.3) is 0 Å². The van der Waals surface area contributed by atoms with E-state index in [4.69, 9.17) is 23.7 Å². The Morgan fingerprint density at radius 2 is 1.83 bits per heavy atom. The highest BCUT2D eigenvalue weighted by Gasteiger charge is 2.40. The average Bonchev–Trinajstić information content (AvgIpc) is 3.11. The third kappa shape index (κ3) is 5.81. The van der Waals surface area contributed by atoms with Crippen LogP contribution >= 0.6 is 0 Å². The largest absolute Gasteiger partial charge is 0.497 e. The van der Waals surface area contributed by atoms with Gasteiger partial charge in [0.15, 0.2) is 11.9 Å². The van der Waals surface area contributed by atoms with Crippen LogP contribution in [0.4, 0.5) is 0 Å². The molecule has 1 fully saturated rings. The first-order valence-corrected chi connectivity index (χ1v) is 10.2. The Morgan fingerprint density at radius 3 is 2.40 bits per heavy atom. The van der Waals surface area contributed by atoms with Crippen molar-refractivity contribution in [1.29, 1.82) is 0 Å². The highest BCUT2D eigenvalue weighted by molar-refractivity contribution is 5.75. The number of hydrogen-bond acceptors (Lipinski definition) is 6. The summed E-state index contributed by atoms with van der Waals surface area (Å²) in [5, 5.41) is 0. The van der Waals surface area contributed by atoms with Crippen LogP contribution in [0.1, 0.15) is 38.0 Å². The Kier molecular flexibility index (Phi) is 7.48. The van der Waals surface area contributed by atoms with Gasteiger partial charge in [0.25, 0.3) is 0 Å². The van der Waals surface area contributed by atoms with Crippen molar-refractivity contribution in [2.75, 3.05) is 20.3 Å². The molecule has 1 aliphatic heterocycles. The zero-order valence-electron chi connectivity index (χ0n) is 18.0. The molecule has 0 aromatic heterocycles. The zero-order valence-corrected chi connectivity index (χ0v) is 18.0. The molecule has 30 heavy (non-hydrogen) atoms. The number of carbonyl (C=O) groups excluding carboxylic acids is 1. The van der Waals surface area contributed by atoms with E-state index >= 15 is 0 Å². The Bertz CT molecular complexity index is 802. The van der Waals surface area contributed by atoms with E-state index in [1.807, 2.05) is 68.4 Å². The molecular formula is C24H30O6. The van der Waals surface area contributed by atoms with Crippen LogP contribution < -0.4 is 4.74 Å². The van der Waals surface area contributed by atoms with Gasteiger partial charge in [-0.05, 0) is 44.0 Å². The molecule has 0 N–H and O–H groups in total. The molecule has 0 radical (unpaired) electrons. The fourth-order valence-electron chi connectivity index (χ4n) is 3.47. The van der Waals surface area contributed by atoms with E-state index in [0.717, 1.165) is 16.9 Å². The van der Waals surface area contributed by atoms with Crippen LogP contribution in [-0.4, -0.2) is 44.3 Å². The number of carbonyl (C=O) groups is 1. The van der Waals surface area contributed by atoms with Gasteiger partial charge in [0, 0.05) is 6.42 Å². The van der Waals surface area contributed by atoms with Crippen molar-refractivity contribution in [3.05, 3.63) is 65.7 Å². The smallest absolute Gasteiger partial charge is 0.335 e. The van der Waals surface area contributed by atoms with Gasteiger partial charge in [-0.15, -0.1) is 0 Å². The van der Waals surface area contributed by atoms with Crippen molar-refractivity contribution in [2.24, 2.45) is 0 Å². The summed E-state index contributed by atoms with van der Waals surface area (Å²) in [5.41, 5.74) is 1.87. The molecule has 0 unspecified atom stereocenters. The summed E-state index contributed by atoms with van der Waals surface area (Å²) in [4.78, 5) is 12.7. The fraction of sp³-hybridized carbons (Fsp3) is 0.458. The molecule has 2 aromatic rings. The number of hydrogen-bond donors (Lipinski definition) is 0. The summed E-state index contributed by atoms with van der Waals surface area (Å²) >= 11 is 0. The van der Waals surface area contributed by atoms with Crippen LogP contribution in [0, 0.1) is 0 Å². The van der Waals surface area contributed by atoms with Crippen LogP contribution in [-0.2, 0) is 30.2 Å². The molecule has 1 saturated heterocycles. The summed E-state index contributed by atoms with van der Waals surface area (Å²) in [6.45, 7) is 6.17. The summed E-state index contributed by atoms with van der Waals surface area (Å²) in [6.07, 6.45) is -1.23. The minimum Gasteiger partial charge on any atom is -0.497 e. The molecule has 0 amide bonds. The van der Waals surface area contributed by atoms with E-state index in [-0.39, 0.29) is 12.7 Å². The normalized spacial score (nSPS) is 19.8. The van der Waals surface area contributed by atoms with E-state index < -0.39 is 24.0 Å². The number of ether oxygens (including phenoxy) is 5. The Hall–Kier alpha value is -2.41. The van der Waals surface area contributed by atoms with Gasteiger partial charge < -0.3 is 23.7 Å². The van der Waals surface area contributed by atoms with E-state index in [0.29, 0.717) is 13.0 Å². The van der Waals surface area contributed by atoms with Gasteiger partial charge in [-0.2, -0.15) is 0 Å². The van der Waals surface area contributed by atoms with E-state index in [2.05, 4.69) is 0 Å².